The third-order valence-corrected chi connectivity index (χ3v) is 2.31. The molecule has 0 aliphatic carbocycles. The Hall–Kier alpha value is -2.31. The van der Waals surface area contributed by atoms with E-state index in [1.54, 1.807) is 6.92 Å². The van der Waals surface area contributed by atoms with Gasteiger partial charge in [0.2, 0.25) is 0 Å². The molecule has 0 atom stereocenters. The maximum Gasteiger partial charge on any atom is 0.333 e. The molecule has 0 aliphatic rings. The zero-order valence-corrected chi connectivity index (χ0v) is 12.5. The van der Waals surface area contributed by atoms with Gasteiger partial charge in [-0.1, -0.05) is 20.1 Å². The summed E-state index contributed by atoms with van der Waals surface area (Å²) < 4.78 is 9.66. The smallest absolute Gasteiger partial charge is 0.333 e. The van der Waals surface area contributed by atoms with Crippen LogP contribution < -0.4 is 10.6 Å². The second-order valence-electron chi connectivity index (χ2n) is 4.19. The van der Waals surface area contributed by atoms with Crippen molar-refractivity contribution in [2.75, 3.05) is 26.3 Å². The fourth-order valence-electron chi connectivity index (χ4n) is 1.05. The summed E-state index contributed by atoms with van der Waals surface area (Å²) in [6, 6.07) is -0.438. The SMILES string of the molecule is C=C(C)C(=O)OCCNC(=O)NCCOC(=O)C(=C)CC. The average molecular weight is 298 g/mol. The van der Waals surface area contributed by atoms with Gasteiger partial charge in [0.1, 0.15) is 13.2 Å². The van der Waals surface area contributed by atoms with E-state index < -0.39 is 18.0 Å². The van der Waals surface area contributed by atoms with E-state index in [2.05, 4.69) is 23.8 Å². The van der Waals surface area contributed by atoms with Gasteiger partial charge in [0.15, 0.2) is 0 Å². The Kier molecular flexibility index (Phi) is 9.32. The predicted octanol–water partition coefficient (Wildman–Crippen LogP) is 0.914. The summed E-state index contributed by atoms with van der Waals surface area (Å²) in [4.78, 5) is 33.6. The number of nitrogens with one attached hydrogen (secondary N) is 2. The molecule has 118 valence electrons. The molecule has 7 nitrogen and oxygen atoms in total. The van der Waals surface area contributed by atoms with E-state index in [0.29, 0.717) is 17.6 Å². The number of esters is 2. The Morgan fingerprint density at radius 3 is 1.86 bits per heavy atom. The zero-order chi connectivity index (χ0) is 16.3. The first kappa shape index (κ1) is 18.7. The van der Waals surface area contributed by atoms with Crippen molar-refractivity contribution in [1.82, 2.24) is 10.6 Å². The number of hydrogen-bond acceptors (Lipinski definition) is 5. The van der Waals surface area contributed by atoms with Gasteiger partial charge in [0, 0.05) is 11.1 Å². The molecule has 2 amide bonds. The monoisotopic (exact) mass is 298 g/mol. The van der Waals surface area contributed by atoms with E-state index in [9.17, 15) is 14.4 Å². The van der Waals surface area contributed by atoms with Crippen molar-refractivity contribution in [1.29, 1.82) is 0 Å². The van der Waals surface area contributed by atoms with Gasteiger partial charge < -0.3 is 20.1 Å². The van der Waals surface area contributed by atoms with Gasteiger partial charge in [-0.05, 0) is 13.3 Å². The number of rotatable bonds is 9. The van der Waals surface area contributed by atoms with Gasteiger partial charge in [-0.15, -0.1) is 0 Å². The lowest BCUT2D eigenvalue weighted by Crippen LogP contribution is -2.39. The molecule has 0 aromatic carbocycles. The molecule has 0 radical (unpaired) electrons. The fourth-order valence-corrected chi connectivity index (χ4v) is 1.05. The third kappa shape index (κ3) is 9.26. The van der Waals surface area contributed by atoms with Crippen LogP contribution in [0.25, 0.3) is 0 Å². The Labute approximate surface area is 124 Å². The van der Waals surface area contributed by atoms with Gasteiger partial charge in [-0.25, -0.2) is 14.4 Å². The molecule has 7 heteroatoms. The number of carbonyl (C=O) groups is 3. The van der Waals surface area contributed by atoms with Crippen LogP contribution in [-0.2, 0) is 19.1 Å². The van der Waals surface area contributed by atoms with Crippen molar-refractivity contribution >= 4 is 18.0 Å². The predicted molar refractivity (Wildman–Crippen MR) is 77.6 cm³/mol. The third-order valence-electron chi connectivity index (χ3n) is 2.31. The first-order valence-electron chi connectivity index (χ1n) is 6.57. The lowest BCUT2D eigenvalue weighted by molar-refractivity contribution is -0.139. The van der Waals surface area contributed by atoms with Crippen molar-refractivity contribution < 1.29 is 23.9 Å². The summed E-state index contributed by atoms with van der Waals surface area (Å²) in [6.45, 7) is 10.8. The maximum atomic E-state index is 11.3. The number of urea groups is 1. The lowest BCUT2D eigenvalue weighted by atomic mass is 10.2. The molecular formula is C14H22N2O5. The summed E-state index contributed by atoms with van der Waals surface area (Å²) in [6.07, 6.45) is 0.523. The topological polar surface area (TPSA) is 93.7 Å². The minimum atomic E-state index is -0.500. The molecule has 21 heavy (non-hydrogen) atoms. The van der Waals surface area contributed by atoms with E-state index in [1.807, 2.05) is 0 Å². The number of carbonyl (C=O) groups excluding carboxylic acids is 3. The minimum Gasteiger partial charge on any atom is -0.460 e. The van der Waals surface area contributed by atoms with Crippen LogP contribution in [0.15, 0.2) is 24.3 Å². The van der Waals surface area contributed by atoms with Crippen LogP contribution in [0.2, 0.25) is 0 Å². The normalized spacial score (nSPS) is 9.43. The van der Waals surface area contributed by atoms with Gasteiger partial charge in [-0.2, -0.15) is 0 Å². The van der Waals surface area contributed by atoms with Gasteiger partial charge in [0.05, 0.1) is 13.1 Å². The van der Waals surface area contributed by atoms with Crippen LogP contribution in [0.5, 0.6) is 0 Å². The summed E-state index contributed by atoms with van der Waals surface area (Å²) in [5.41, 5.74) is 0.689. The van der Waals surface area contributed by atoms with E-state index in [0.717, 1.165) is 0 Å². The van der Waals surface area contributed by atoms with Gasteiger partial charge in [-0.3, -0.25) is 0 Å². The van der Waals surface area contributed by atoms with Crippen molar-refractivity contribution in [3.63, 3.8) is 0 Å². The zero-order valence-electron chi connectivity index (χ0n) is 12.5. The molecule has 0 saturated carbocycles. The second-order valence-corrected chi connectivity index (χ2v) is 4.19. The Morgan fingerprint density at radius 2 is 1.43 bits per heavy atom. The molecule has 0 bridgehead atoms. The highest BCUT2D eigenvalue weighted by molar-refractivity contribution is 5.87. The maximum absolute atomic E-state index is 11.3. The summed E-state index contributed by atoms with van der Waals surface area (Å²) in [5.74, 6) is -0.966. The first-order valence-corrected chi connectivity index (χ1v) is 6.57. The van der Waals surface area contributed by atoms with Gasteiger partial charge in [0.25, 0.3) is 0 Å². The average Bonchev–Trinajstić information content (AvgIpc) is 2.46. The highest BCUT2D eigenvalue weighted by atomic mass is 16.5. The van der Waals surface area contributed by atoms with Crippen LogP contribution in [0.4, 0.5) is 4.79 Å². The fraction of sp³-hybridized carbons (Fsp3) is 0.500. The lowest BCUT2D eigenvalue weighted by Gasteiger charge is -2.09. The Balaban J connectivity index is 3.59. The minimum absolute atomic E-state index is 0.0599. The quantitative estimate of drug-likeness (QED) is 0.375. The molecule has 0 spiro atoms. The number of hydrogen-bond donors (Lipinski definition) is 2. The van der Waals surface area contributed by atoms with Crippen LogP contribution in [0.3, 0.4) is 0 Å². The molecule has 0 heterocycles. The molecule has 0 aromatic heterocycles. The largest absolute Gasteiger partial charge is 0.460 e. The molecule has 0 unspecified atom stereocenters. The highest BCUT2D eigenvalue weighted by Crippen LogP contribution is 1.98. The summed E-state index contributed by atoms with van der Waals surface area (Å²) in [7, 11) is 0. The van der Waals surface area contributed by atoms with Crippen LogP contribution in [-0.4, -0.2) is 44.3 Å². The second kappa shape index (κ2) is 10.5. The number of amides is 2. The van der Waals surface area contributed by atoms with E-state index in [-0.39, 0.29) is 26.3 Å². The number of ether oxygens (including phenoxy) is 2. The van der Waals surface area contributed by atoms with E-state index in [1.165, 1.54) is 6.92 Å². The van der Waals surface area contributed by atoms with Crippen LogP contribution >= 0.6 is 0 Å². The summed E-state index contributed by atoms with van der Waals surface area (Å²) in [5, 5.41) is 4.97. The molecule has 0 fully saturated rings. The standard InChI is InChI=1S/C14H22N2O5/c1-5-11(4)13(18)21-9-7-16-14(19)15-6-8-20-12(17)10(2)3/h2,4-9H2,1,3H3,(H2,15,16,19). The molecule has 0 saturated heterocycles. The molecule has 2 N–H and O–H groups in total. The molecule has 0 rings (SSSR count). The molecule has 0 aliphatic heterocycles. The van der Waals surface area contributed by atoms with E-state index in [4.69, 9.17) is 9.47 Å². The molecule has 0 aromatic rings. The van der Waals surface area contributed by atoms with Crippen molar-refractivity contribution in [3.8, 4) is 0 Å². The van der Waals surface area contributed by atoms with Crippen LogP contribution in [0, 0.1) is 0 Å². The molecular weight excluding hydrogens is 276 g/mol. The van der Waals surface area contributed by atoms with Crippen molar-refractivity contribution in [3.05, 3.63) is 24.3 Å². The summed E-state index contributed by atoms with van der Waals surface area (Å²) >= 11 is 0. The first-order chi connectivity index (χ1) is 9.88. The highest BCUT2D eigenvalue weighted by Gasteiger charge is 2.06. The Bertz CT molecular complexity index is 418. The van der Waals surface area contributed by atoms with E-state index >= 15 is 0 Å². The Morgan fingerprint density at radius 1 is 0.952 bits per heavy atom. The van der Waals surface area contributed by atoms with Gasteiger partial charge >= 0.3 is 18.0 Å². The van der Waals surface area contributed by atoms with Crippen molar-refractivity contribution in [2.45, 2.75) is 20.3 Å². The van der Waals surface area contributed by atoms with Crippen LogP contribution in [0.1, 0.15) is 20.3 Å². The van der Waals surface area contributed by atoms with Crippen molar-refractivity contribution in [2.24, 2.45) is 0 Å².